The summed E-state index contributed by atoms with van der Waals surface area (Å²) in [5.74, 6) is -0.469. The molecule has 0 saturated heterocycles. The average molecular weight is 308 g/mol. The third-order valence-electron chi connectivity index (χ3n) is 3.49. The van der Waals surface area contributed by atoms with Crippen LogP contribution >= 0.6 is 22.7 Å². The lowest BCUT2D eigenvalue weighted by Crippen LogP contribution is -2.04. The fourth-order valence-electron chi connectivity index (χ4n) is 2.45. The van der Waals surface area contributed by atoms with E-state index >= 15 is 0 Å². The van der Waals surface area contributed by atoms with Crippen molar-refractivity contribution in [1.82, 2.24) is 4.98 Å². The SMILES string of the molecule is COC(=O)c1nc(-c2cc3c(s2)CCCCC3)sc1N. The molecular weight excluding hydrogens is 292 g/mol. The molecule has 3 rings (SSSR count). The lowest BCUT2D eigenvalue weighted by atomic mass is 10.1. The van der Waals surface area contributed by atoms with E-state index in [1.807, 2.05) is 0 Å². The van der Waals surface area contributed by atoms with Gasteiger partial charge in [0.15, 0.2) is 5.69 Å². The second kappa shape index (κ2) is 5.54. The summed E-state index contributed by atoms with van der Waals surface area (Å²) in [7, 11) is 1.34. The van der Waals surface area contributed by atoms with Crippen LogP contribution in [-0.2, 0) is 17.6 Å². The number of fused-ring (bicyclic) bond motifs is 1. The smallest absolute Gasteiger partial charge is 0.359 e. The van der Waals surface area contributed by atoms with Crippen LogP contribution in [-0.4, -0.2) is 18.1 Å². The van der Waals surface area contributed by atoms with E-state index in [9.17, 15) is 4.79 Å². The van der Waals surface area contributed by atoms with Gasteiger partial charge in [0.05, 0.1) is 12.0 Å². The van der Waals surface area contributed by atoms with E-state index in [1.54, 1.807) is 11.3 Å². The average Bonchev–Trinajstić information content (AvgIpc) is 2.96. The maximum absolute atomic E-state index is 11.6. The van der Waals surface area contributed by atoms with Crippen LogP contribution in [0.4, 0.5) is 5.00 Å². The maximum atomic E-state index is 11.6. The van der Waals surface area contributed by atoms with Crippen LogP contribution < -0.4 is 5.73 Å². The summed E-state index contributed by atoms with van der Waals surface area (Å²) < 4.78 is 4.69. The molecule has 0 bridgehead atoms. The highest BCUT2D eigenvalue weighted by Gasteiger charge is 2.20. The van der Waals surface area contributed by atoms with Crippen LogP contribution in [0.2, 0.25) is 0 Å². The summed E-state index contributed by atoms with van der Waals surface area (Å²) in [6.07, 6.45) is 6.14. The zero-order valence-electron chi connectivity index (χ0n) is 11.3. The molecule has 20 heavy (non-hydrogen) atoms. The van der Waals surface area contributed by atoms with Gasteiger partial charge in [-0.05, 0) is 37.3 Å². The van der Waals surface area contributed by atoms with Crippen molar-refractivity contribution in [3.63, 3.8) is 0 Å². The highest BCUT2D eigenvalue weighted by Crippen LogP contribution is 2.38. The Morgan fingerprint density at radius 2 is 2.10 bits per heavy atom. The minimum atomic E-state index is -0.469. The van der Waals surface area contributed by atoms with Crippen molar-refractivity contribution >= 4 is 33.6 Å². The number of thiazole rings is 1. The normalized spacial score (nSPS) is 14.7. The van der Waals surface area contributed by atoms with Crippen molar-refractivity contribution in [2.45, 2.75) is 32.1 Å². The molecule has 106 valence electrons. The quantitative estimate of drug-likeness (QED) is 0.681. The molecule has 0 radical (unpaired) electrons. The molecule has 0 aromatic carbocycles. The first kappa shape index (κ1) is 13.6. The van der Waals surface area contributed by atoms with Gasteiger partial charge in [0, 0.05) is 4.88 Å². The number of carbonyl (C=O) groups is 1. The zero-order valence-corrected chi connectivity index (χ0v) is 12.9. The van der Waals surface area contributed by atoms with Crippen molar-refractivity contribution in [2.24, 2.45) is 0 Å². The van der Waals surface area contributed by atoms with Gasteiger partial charge in [-0.15, -0.1) is 11.3 Å². The van der Waals surface area contributed by atoms with Gasteiger partial charge < -0.3 is 10.5 Å². The van der Waals surface area contributed by atoms with Gasteiger partial charge in [0.1, 0.15) is 10.0 Å². The summed E-state index contributed by atoms with van der Waals surface area (Å²) in [4.78, 5) is 18.5. The number of rotatable bonds is 2. The second-order valence-corrected chi connectivity index (χ2v) is 7.01. The highest BCUT2D eigenvalue weighted by atomic mass is 32.1. The summed E-state index contributed by atoms with van der Waals surface area (Å²) in [5.41, 5.74) is 7.54. The molecule has 0 fully saturated rings. The number of nitrogens with two attached hydrogens (primary N) is 1. The molecule has 0 saturated carbocycles. The number of esters is 1. The number of thiophene rings is 1. The predicted octanol–water partition coefficient (Wildman–Crippen LogP) is 3.51. The third-order valence-corrected chi connectivity index (χ3v) is 5.78. The molecule has 0 amide bonds. The number of anilines is 1. The first-order valence-corrected chi connectivity index (χ1v) is 8.29. The molecule has 2 N–H and O–H groups in total. The topological polar surface area (TPSA) is 65.2 Å². The Morgan fingerprint density at radius 1 is 1.30 bits per heavy atom. The minimum absolute atomic E-state index is 0.232. The Labute approximate surface area is 125 Å². The van der Waals surface area contributed by atoms with Gasteiger partial charge in [0.2, 0.25) is 0 Å². The number of aryl methyl sites for hydroxylation is 2. The van der Waals surface area contributed by atoms with E-state index in [0.29, 0.717) is 5.00 Å². The minimum Gasteiger partial charge on any atom is -0.464 e. The van der Waals surface area contributed by atoms with Crippen molar-refractivity contribution < 1.29 is 9.53 Å². The van der Waals surface area contributed by atoms with Gasteiger partial charge >= 0.3 is 5.97 Å². The molecule has 1 aliphatic rings. The van der Waals surface area contributed by atoms with Gasteiger partial charge in [-0.25, -0.2) is 9.78 Å². The van der Waals surface area contributed by atoms with E-state index in [4.69, 9.17) is 10.5 Å². The molecule has 1 aliphatic carbocycles. The Kier molecular flexibility index (Phi) is 3.76. The number of methoxy groups -OCH3 is 1. The van der Waals surface area contributed by atoms with E-state index < -0.39 is 5.97 Å². The maximum Gasteiger partial charge on any atom is 0.359 e. The molecule has 0 atom stereocenters. The van der Waals surface area contributed by atoms with Crippen molar-refractivity contribution in [1.29, 1.82) is 0 Å². The fourth-order valence-corrected chi connectivity index (χ4v) is 4.57. The molecule has 2 heterocycles. The molecule has 0 spiro atoms. The van der Waals surface area contributed by atoms with Crippen LogP contribution in [0.1, 0.15) is 40.2 Å². The van der Waals surface area contributed by atoms with Crippen molar-refractivity contribution in [3.05, 3.63) is 22.2 Å². The Hall–Kier alpha value is -1.40. The number of nitrogens with zero attached hydrogens (tertiary/aromatic N) is 1. The van der Waals surface area contributed by atoms with Gasteiger partial charge in [-0.3, -0.25) is 0 Å². The monoisotopic (exact) mass is 308 g/mol. The molecule has 6 heteroatoms. The van der Waals surface area contributed by atoms with E-state index in [-0.39, 0.29) is 5.69 Å². The lowest BCUT2D eigenvalue weighted by molar-refractivity contribution is 0.0596. The van der Waals surface area contributed by atoms with Crippen LogP contribution in [0.5, 0.6) is 0 Å². The Balaban J connectivity index is 1.95. The predicted molar refractivity (Wildman–Crippen MR) is 82.4 cm³/mol. The van der Waals surface area contributed by atoms with Crippen LogP contribution in [0.25, 0.3) is 9.88 Å². The molecule has 2 aromatic heterocycles. The van der Waals surface area contributed by atoms with E-state index in [2.05, 4.69) is 11.1 Å². The lowest BCUT2D eigenvalue weighted by Gasteiger charge is -1.93. The fraction of sp³-hybridized carbons (Fsp3) is 0.429. The second-order valence-electron chi connectivity index (χ2n) is 4.84. The van der Waals surface area contributed by atoms with Gasteiger partial charge in [0.25, 0.3) is 0 Å². The van der Waals surface area contributed by atoms with Gasteiger partial charge in [-0.1, -0.05) is 17.8 Å². The first-order valence-electron chi connectivity index (χ1n) is 6.65. The first-order chi connectivity index (χ1) is 9.69. The number of carbonyl (C=O) groups excluding carboxylic acids is 1. The standard InChI is InChI=1S/C14H16N2O2S2/c1-18-14(17)11-12(15)20-13(16-11)10-7-8-5-3-2-4-6-9(8)19-10/h7H,2-6,15H2,1H3. The number of ether oxygens (including phenoxy) is 1. The molecular formula is C14H16N2O2S2. The summed E-state index contributed by atoms with van der Waals surface area (Å²) in [6.45, 7) is 0. The Bertz CT molecular complexity index is 622. The largest absolute Gasteiger partial charge is 0.464 e. The van der Waals surface area contributed by atoms with Crippen molar-refractivity contribution in [2.75, 3.05) is 12.8 Å². The van der Waals surface area contributed by atoms with E-state index in [1.165, 1.54) is 48.1 Å². The molecule has 2 aromatic rings. The number of hydrogen-bond acceptors (Lipinski definition) is 6. The van der Waals surface area contributed by atoms with Gasteiger partial charge in [-0.2, -0.15) is 0 Å². The molecule has 0 unspecified atom stereocenters. The number of nitrogen functional groups attached to an aromatic ring is 1. The number of aromatic nitrogens is 1. The van der Waals surface area contributed by atoms with Crippen LogP contribution in [0.15, 0.2) is 6.07 Å². The van der Waals surface area contributed by atoms with Crippen LogP contribution in [0, 0.1) is 0 Å². The summed E-state index contributed by atoms with van der Waals surface area (Å²) >= 11 is 3.14. The van der Waals surface area contributed by atoms with E-state index in [0.717, 1.165) is 22.7 Å². The third kappa shape index (κ3) is 2.45. The summed E-state index contributed by atoms with van der Waals surface area (Å²) in [6, 6.07) is 2.21. The molecule has 0 aliphatic heterocycles. The molecule has 4 nitrogen and oxygen atoms in total. The van der Waals surface area contributed by atoms with Crippen molar-refractivity contribution in [3.8, 4) is 9.88 Å². The zero-order chi connectivity index (χ0) is 14.1. The highest BCUT2D eigenvalue weighted by molar-refractivity contribution is 7.24. The number of hydrogen-bond donors (Lipinski definition) is 1. The van der Waals surface area contributed by atoms with Crippen LogP contribution in [0.3, 0.4) is 0 Å². The summed E-state index contributed by atoms with van der Waals surface area (Å²) in [5, 5.41) is 1.25. The Morgan fingerprint density at radius 3 is 2.90 bits per heavy atom.